The van der Waals surface area contributed by atoms with Gasteiger partial charge in [-0.2, -0.15) is 0 Å². The molecular weight excluding hydrogens is 311 g/mol. The molecule has 0 aliphatic carbocycles. The van der Waals surface area contributed by atoms with Crippen molar-refractivity contribution in [2.45, 2.75) is 13.3 Å². The first-order chi connectivity index (χ1) is 7.59. The van der Waals surface area contributed by atoms with Crippen molar-refractivity contribution < 1.29 is 4.74 Å². The number of ether oxygens (including phenoxy) is 1. The normalized spacial score (nSPS) is 11.5. The van der Waals surface area contributed by atoms with Gasteiger partial charge in [0.2, 0.25) is 0 Å². The molecule has 0 atom stereocenters. The lowest BCUT2D eigenvalue weighted by atomic mass is 9.92. The van der Waals surface area contributed by atoms with E-state index in [1.807, 2.05) is 24.3 Å². The lowest BCUT2D eigenvalue weighted by Crippen LogP contribution is -2.23. The smallest absolute Gasteiger partial charge is 0.119 e. The first-order valence-corrected chi connectivity index (χ1v) is 6.96. The van der Waals surface area contributed by atoms with Gasteiger partial charge in [-0.3, -0.25) is 0 Å². The summed E-state index contributed by atoms with van der Waals surface area (Å²) in [5, 5.41) is 0. The molecule has 4 heteroatoms. The summed E-state index contributed by atoms with van der Waals surface area (Å²) >= 11 is 15.1. The maximum Gasteiger partial charge on any atom is 0.119 e. The molecule has 0 saturated heterocycles. The summed E-state index contributed by atoms with van der Waals surface area (Å²) in [4.78, 5) is 0. The molecule has 1 aromatic rings. The van der Waals surface area contributed by atoms with E-state index in [0.29, 0.717) is 18.4 Å². The van der Waals surface area contributed by atoms with Gasteiger partial charge in [-0.05, 0) is 36.1 Å². The molecule has 0 unspecified atom stereocenters. The molecule has 0 N–H and O–H groups in total. The van der Waals surface area contributed by atoms with Crippen LogP contribution in [-0.2, 0) is 0 Å². The van der Waals surface area contributed by atoms with Gasteiger partial charge < -0.3 is 4.74 Å². The molecule has 0 amide bonds. The molecule has 0 saturated carbocycles. The number of hydrogen-bond acceptors (Lipinski definition) is 1. The van der Waals surface area contributed by atoms with Crippen molar-refractivity contribution in [3.05, 3.63) is 28.7 Å². The van der Waals surface area contributed by atoms with E-state index in [-0.39, 0.29) is 5.41 Å². The third-order valence-corrected chi connectivity index (χ3v) is 4.25. The summed E-state index contributed by atoms with van der Waals surface area (Å²) in [6, 6.07) is 7.78. The van der Waals surface area contributed by atoms with Gasteiger partial charge in [-0.15, -0.1) is 23.2 Å². The Morgan fingerprint density at radius 1 is 1.19 bits per heavy atom. The third kappa shape index (κ3) is 4.52. The Morgan fingerprint density at radius 2 is 1.75 bits per heavy atom. The Hall–Kier alpha value is 0.0800. The summed E-state index contributed by atoms with van der Waals surface area (Å²) in [6.07, 6.45) is 0.857. The molecule has 1 nitrogen and oxygen atoms in total. The first-order valence-electron chi connectivity index (χ1n) is 5.10. The molecule has 90 valence electrons. The molecule has 0 bridgehead atoms. The second-order valence-electron chi connectivity index (χ2n) is 4.13. The van der Waals surface area contributed by atoms with Gasteiger partial charge in [0, 0.05) is 16.2 Å². The number of rotatable bonds is 6. The van der Waals surface area contributed by atoms with E-state index in [9.17, 15) is 0 Å². The van der Waals surface area contributed by atoms with Crippen LogP contribution < -0.4 is 4.74 Å². The Labute approximate surface area is 115 Å². The predicted octanol–water partition coefficient (Wildman–Crippen LogP) is 4.70. The highest BCUT2D eigenvalue weighted by molar-refractivity contribution is 9.10. The van der Waals surface area contributed by atoms with Gasteiger partial charge in [0.25, 0.3) is 0 Å². The quantitative estimate of drug-likeness (QED) is 0.689. The lowest BCUT2D eigenvalue weighted by Gasteiger charge is -2.23. The molecule has 0 fully saturated rings. The minimum Gasteiger partial charge on any atom is -0.494 e. The van der Waals surface area contributed by atoms with E-state index < -0.39 is 0 Å². The van der Waals surface area contributed by atoms with Crippen molar-refractivity contribution >= 4 is 39.1 Å². The second kappa shape index (κ2) is 6.73. The summed E-state index contributed by atoms with van der Waals surface area (Å²) in [5.74, 6) is 1.98. The lowest BCUT2D eigenvalue weighted by molar-refractivity contribution is 0.247. The molecular formula is C12H15BrCl2O. The number of benzene rings is 1. The highest BCUT2D eigenvalue weighted by Crippen LogP contribution is 2.25. The molecule has 1 aromatic carbocycles. The van der Waals surface area contributed by atoms with Crippen LogP contribution in [0.4, 0.5) is 0 Å². The van der Waals surface area contributed by atoms with Crippen LogP contribution in [0.15, 0.2) is 28.7 Å². The zero-order valence-corrected chi connectivity index (χ0v) is 12.3. The van der Waals surface area contributed by atoms with E-state index in [1.165, 1.54) is 0 Å². The molecule has 0 aliphatic heterocycles. The highest BCUT2D eigenvalue weighted by atomic mass is 79.9. The van der Waals surface area contributed by atoms with Gasteiger partial charge in [-0.25, -0.2) is 0 Å². The Morgan fingerprint density at radius 3 is 2.25 bits per heavy atom. The maximum atomic E-state index is 5.87. The largest absolute Gasteiger partial charge is 0.494 e. The van der Waals surface area contributed by atoms with Crippen LogP contribution in [0.25, 0.3) is 0 Å². The standard InChI is InChI=1S/C12H15BrCl2O/c1-12(8-14,9-15)6-7-16-11-4-2-10(13)3-5-11/h2-5H,6-9H2,1H3. The summed E-state index contributed by atoms with van der Waals surface area (Å²) in [5.41, 5.74) is -0.0432. The van der Waals surface area contributed by atoms with Crippen LogP contribution >= 0.6 is 39.1 Å². The van der Waals surface area contributed by atoms with Crippen LogP contribution in [0.3, 0.4) is 0 Å². The Kier molecular flexibility index (Phi) is 5.95. The molecule has 0 spiro atoms. The fourth-order valence-corrected chi connectivity index (χ4v) is 1.93. The van der Waals surface area contributed by atoms with E-state index in [4.69, 9.17) is 27.9 Å². The fraction of sp³-hybridized carbons (Fsp3) is 0.500. The first kappa shape index (κ1) is 14.1. The minimum absolute atomic E-state index is 0.0432. The molecule has 1 rings (SSSR count). The maximum absolute atomic E-state index is 5.87. The van der Waals surface area contributed by atoms with Crippen molar-refractivity contribution in [1.29, 1.82) is 0 Å². The molecule has 0 heterocycles. The Balaban J connectivity index is 2.38. The minimum atomic E-state index is -0.0432. The zero-order valence-electron chi connectivity index (χ0n) is 9.18. The summed E-state index contributed by atoms with van der Waals surface area (Å²) < 4.78 is 6.67. The van der Waals surface area contributed by atoms with Crippen molar-refractivity contribution in [2.75, 3.05) is 18.4 Å². The van der Waals surface area contributed by atoms with Crippen molar-refractivity contribution in [2.24, 2.45) is 5.41 Å². The van der Waals surface area contributed by atoms with Gasteiger partial charge in [-0.1, -0.05) is 22.9 Å². The predicted molar refractivity (Wildman–Crippen MR) is 73.8 cm³/mol. The van der Waals surface area contributed by atoms with Crippen LogP contribution in [-0.4, -0.2) is 18.4 Å². The van der Waals surface area contributed by atoms with Crippen molar-refractivity contribution in [3.63, 3.8) is 0 Å². The third-order valence-electron chi connectivity index (χ3n) is 2.43. The van der Waals surface area contributed by atoms with Crippen LogP contribution in [0.1, 0.15) is 13.3 Å². The molecule has 0 radical (unpaired) electrons. The number of halogens is 3. The van der Waals surface area contributed by atoms with E-state index in [0.717, 1.165) is 16.6 Å². The average molecular weight is 326 g/mol. The zero-order chi connectivity index (χ0) is 12.0. The number of alkyl halides is 2. The van der Waals surface area contributed by atoms with Crippen molar-refractivity contribution in [3.8, 4) is 5.75 Å². The molecule has 0 aliphatic rings. The van der Waals surface area contributed by atoms with Crippen LogP contribution in [0, 0.1) is 5.41 Å². The summed E-state index contributed by atoms with van der Waals surface area (Å²) in [6.45, 7) is 2.70. The SMILES string of the molecule is CC(CCl)(CCl)CCOc1ccc(Br)cc1. The number of hydrogen-bond donors (Lipinski definition) is 0. The second-order valence-corrected chi connectivity index (χ2v) is 5.58. The van der Waals surface area contributed by atoms with Gasteiger partial charge >= 0.3 is 0 Å². The van der Waals surface area contributed by atoms with Crippen LogP contribution in [0.2, 0.25) is 0 Å². The van der Waals surface area contributed by atoms with E-state index in [1.54, 1.807) is 0 Å². The van der Waals surface area contributed by atoms with Gasteiger partial charge in [0.1, 0.15) is 5.75 Å². The average Bonchev–Trinajstić information content (AvgIpc) is 2.31. The fourth-order valence-electron chi connectivity index (χ4n) is 1.12. The van der Waals surface area contributed by atoms with E-state index >= 15 is 0 Å². The van der Waals surface area contributed by atoms with Crippen molar-refractivity contribution in [1.82, 2.24) is 0 Å². The van der Waals surface area contributed by atoms with Gasteiger partial charge in [0.05, 0.1) is 6.61 Å². The topological polar surface area (TPSA) is 9.23 Å². The van der Waals surface area contributed by atoms with Gasteiger partial charge in [0.15, 0.2) is 0 Å². The Bertz CT molecular complexity index is 309. The van der Waals surface area contributed by atoms with Crippen LogP contribution in [0.5, 0.6) is 5.75 Å². The van der Waals surface area contributed by atoms with E-state index in [2.05, 4.69) is 22.9 Å². The molecule has 0 aromatic heterocycles. The highest BCUT2D eigenvalue weighted by Gasteiger charge is 2.21. The monoisotopic (exact) mass is 324 g/mol. The molecule has 16 heavy (non-hydrogen) atoms. The summed E-state index contributed by atoms with van der Waals surface area (Å²) in [7, 11) is 0.